The fraction of sp³-hybridized carbons (Fsp3) is 0.444. The van der Waals surface area contributed by atoms with Crippen molar-refractivity contribution in [3.05, 3.63) is 65.7 Å². The Kier molecular flexibility index (Phi) is 7.40. The van der Waals surface area contributed by atoms with Gasteiger partial charge in [-0.25, -0.2) is 0 Å². The van der Waals surface area contributed by atoms with E-state index in [0.29, 0.717) is 55.3 Å². The summed E-state index contributed by atoms with van der Waals surface area (Å²) in [5, 5.41) is 2.95. The SMILES string of the molecule is COc1ccc(C(=O)N2CCC3(CC2)OCC(C(=O)NCC(C)C)N3C(=O)c2ccccc2)cc1. The van der Waals surface area contributed by atoms with Gasteiger partial charge in [0.05, 0.1) is 13.7 Å². The van der Waals surface area contributed by atoms with E-state index in [1.165, 1.54) is 0 Å². The maximum Gasteiger partial charge on any atom is 0.256 e. The maximum atomic E-state index is 13.6. The van der Waals surface area contributed by atoms with Gasteiger partial charge in [-0.3, -0.25) is 19.3 Å². The zero-order valence-corrected chi connectivity index (χ0v) is 20.5. The van der Waals surface area contributed by atoms with Crippen LogP contribution in [-0.2, 0) is 9.53 Å². The van der Waals surface area contributed by atoms with Gasteiger partial charge in [-0.1, -0.05) is 32.0 Å². The second kappa shape index (κ2) is 10.5. The van der Waals surface area contributed by atoms with Gasteiger partial charge >= 0.3 is 0 Å². The van der Waals surface area contributed by atoms with Crippen molar-refractivity contribution in [2.24, 2.45) is 5.92 Å². The van der Waals surface area contributed by atoms with E-state index in [0.717, 1.165) is 0 Å². The first-order valence-corrected chi connectivity index (χ1v) is 12.1. The molecule has 8 heteroatoms. The van der Waals surface area contributed by atoms with Gasteiger partial charge in [0.2, 0.25) is 5.91 Å². The summed E-state index contributed by atoms with van der Waals surface area (Å²) in [6.45, 7) is 5.55. The van der Waals surface area contributed by atoms with Gasteiger partial charge in [0, 0.05) is 43.6 Å². The average molecular weight is 480 g/mol. The molecule has 1 atom stereocenters. The average Bonchev–Trinajstić information content (AvgIpc) is 3.25. The van der Waals surface area contributed by atoms with Crippen LogP contribution < -0.4 is 10.1 Å². The molecule has 0 aromatic heterocycles. The Morgan fingerprint density at radius 3 is 2.23 bits per heavy atom. The number of ether oxygens (including phenoxy) is 2. The molecular formula is C27H33N3O5. The molecule has 35 heavy (non-hydrogen) atoms. The maximum absolute atomic E-state index is 13.6. The molecule has 2 aromatic carbocycles. The Hall–Kier alpha value is -3.39. The van der Waals surface area contributed by atoms with Gasteiger partial charge in [-0.05, 0) is 42.3 Å². The second-order valence-electron chi connectivity index (χ2n) is 9.47. The van der Waals surface area contributed by atoms with E-state index in [1.54, 1.807) is 65.4 Å². The van der Waals surface area contributed by atoms with Crippen molar-refractivity contribution in [1.29, 1.82) is 0 Å². The number of methoxy groups -OCH3 is 1. The number of hydrogen-bond acceptors (Lipinski definition) is 5. The van der Waals surface area contributed by atoms with E-state index in [1.807, 2.05) is 19.9 Å². The molecule has 1 spiro atoms. The highest BCUT2D eigenvalue weighted by atomic mass is 16.5. The summed E-state index contributed by atoms with van der Waals surface area (Å²) >= 11 is 0. The lowest BCUT2D eigenvalue weighted by atomic mass is 9.96. The molecule has 0 saturated carbocycles. The van der Waals surface area contributed by atoms with Crippen LogP contribution in [0, 0.1) is 5.92 Å². The summed E-state index contributed by atoms with van der Waals surface area (Å²) in [5.41, 5.74) is 0.164. The molecule has 1 unspecified atom stereocenters. The molecule has 4 rings (SSSR count). The molecule has 2 fully saturated rings. The minimum atomic E-state index is -0.927. The number of rotatable bonds is 6. The molecule has 0 bridgehead atoms. The predicted molar refractivity (Wildman–Crippen MR) is 131 cm³/mol. The Bertz CT molecular complexity index is 1050. The van der Waals surface area contributed by atoms with Crippen LogP contribution in [0.25, 0.3) is 0 Å². The third kappa shape index (κ3) is 5.17. The van der Waals surface area contributed by atoms with Gasteiger partial charge in [0.1, 0.15) is 17.5 Å². The van der Waals surface area contributed by atoms with Gasteiger partial charge < -0.3 is 19.7 Å². The Morgan fingerprint density at radius 2 is 1.63 bits per heavy atom. The number of carbonyl (C=O) groups excluding carboxylic acids is 3. The van der Waals surface area contributed by atoms with E-state index in [2.05, 4.69) is 5.32 Å². The molecule has 1 N–H and O–H groups in total. The van der Waals surface area contributed by atoms with E-state index >= 15 is 0 Å². The monoisotopic (exact) mass is 479 g/mol. The number of amides is 3. The quantitative estimate of drug-likeness (QED) is 0.688. The lowest BCUT2D eigenvalue weighted by Crippen LogP contribution is -2.60. The van der Waals surface area contributed by atoms with E-state index in [-0.39, 0.29) is 24.3 Å². The van der Waals surface area contributed by atoms with Gasteiger partial charge in [0.15, 0.2) is 0 Å². The Balaban J connectivity index is 1.53. The molecule has 2 saturated heterocycles. The number of likely N-dealkylation sites (tertiary alicyclic amines) is 1. The van der Waals surface area contributed by atoms with Crippen LogP contribution in [0.5, 0.6) is 5.75 Å². The van der Waals surface area contributed by atoms with Gasteiger partial charge in [-0.15, -0.1) is 0 Å². The Labute approximate surface area is 206 Å². The zero-order chi connectivity index (χ0) is 25.0. The summed E-state index contributed by atoms with van der Waals surface area (Å²) in [6, 6.07) is 15.3. The normalized spacial score (nSPS) is 19.1. The zero-order valence-electron chi connectivity index (χ0n) is 20.5. The Morgan fingerprint density at radius 1 is 1.00 bits per heavy atom. The fourth-order valence-electron chi connectivity index (χ4n) is 4.68. The van der Waals surface area contributed by atoms with Crippen LogP contribution in [-0.4, -0.2) is 72.6 Å². The van der Waals surface area contributed by atoms with Crippen molar-refractivity contribution >= 4 is 17.7 Å². The molecule has 0 aliphatic carbocycles. The standard InChI is InChI=1S/C27H33N3O5/c1-19(2)17-28-24(31)23-18-35-27(30(23)26(33)20-7-5-4-6-8-20)13-15-29(16-14-27)25(32)21-9-11-22(34-3)12-10-21/h4-12,19,23H,13-18H2,1-3H3,(H,28,31). The first kappa shape index (κ1) is 24.7. The summed E-state index contributed by atoms with van der Waals surface area (Å²) in [4.78, 5) is 43.2. The van der Waals surface area contributed by atoms with Crippen molar-refractivity contribution < 1.29 is 23.9 Å². The first-order chi connectivity index (χ1) is 16.8. The number of hydrogen-bond donors (Lipinski definition) is 1. The van der Waals surface area contributed by atoms with Crippen LogP contribution in [0.4, 0.5) is 0 Å². The van der Waals surface area contributed by atoms with E-state index in [9.17, 15) is 14.4 Å². The third-order valence-corrected chi connectivity index (χ3v) is 6.66. The van der Waals surface area contributed by atoms with Gasteiger partial charge in [-0.2, -0.15) is 0 Å². The molecular weight excluding hydrogens is 446 g/mol. The molecule has 2 aliphatic heterocycles. The smallest absolute Gasteiger partial charge is 0.256 e. The molecule has 8 nitrogen and oxygen atoms in total. The van der Waals surface area contributed by atoms with Crippen molar-refractivity contribution in [3.63, 3.8) is 0 Å². The highest BCUT2D eigenvalue weighted by Crippen LogP contribution is 2.39. The largest absolute Gasteiger partial charge is 0.497 e. The van der Waals surface area contributed by atoms with E-state index < -0.39 is 11.8 Å². The van der Waals surface area contributed by atoms with Crippen molar-refractivity contribution in [1.82, 2.24) is 15.1 Å². The third-order valence-electron chi connectivity index (χ3n) is 6.66. The topological polar surface area (TPSA) is 88.2 Å². The van der Waals surface area contributed by atoms with Crippen LogP contribution in [0.1, 0.15) is 47.4 Å². The van der Waals surface area contributed by atoms with Crippen LogP contribution in [0.3, 0.4) is 0 Å². The number of carbonyl (C=O) groups is 3. The van der Waals surface area contributed by atoms with Crippen molar-refractivity contribution in [2.75, 3.05) is 33.4 Å². The van der Waals surface area contributed by atoms with Crippen LogP contribution in [0.15, 0.2) is 54.6 Å². The molecule has 2 aromatic rings. The summed E-state index contributed by atoms with van der Waals surface area (Å²) in [6.07, 6.45) is 0.864. The van der Waals surface area contributed by atoms with E-state index in [4.69, 9.17) is 9.47 Å². The molecule has 2 heterocycles. The van der Waals surface area contributed by atoms with Gasteiger partial charge in [0.25, 0.3) is 11.8 Å². The number of piperidine rings is 1. The highest BCUT2D eigenvalue weighted by Gasteiger charge is 2.54. The molecule has 186 valence electrons. The minimum Gasteiger partial charge on any atom is -0.497 e. The molecule has 0 radical (unpaired) electrons. The minimum absolute atomic E-state index is 0.0762. The second-order valence-corrected chi connectivity index (χ2v) is 9.47. The fourth-order valence-corrected chi connectivity index (χ4v) is 4.68. The highest BCUT2D eigenvalue weighted by molar-refractivity contribution is 5.98. The predicted octanol–water partition coefficient (Wildman–Crippen LogP) is 2.94. The summed E-state index contributed by atoms with van der Waals surface area (Å²) in [5.74, 6) is 0.461. The van der Waals surface area contributed by atoms with Crippen molar-refractivity contribution in [3.8, 4) is 5.75 Å². The molecule has 3 amide bonds. The van der Waals surface area contributed by atoms with Crippen LogP contribution in [0.2, 0.25) is 0 Å². The lowest BCUT2D eigenvalue weighted by Gasteiger charge is -2.44. The number of nitrogens with one attached hydrogen (secondary N) is 1. The number of nitrogens with zero attached hydrogens (tertiary/aromatic N) is 2. The summed E-state index contributed by atoms with van der Waals surface area (Å²) < 4.78 is 11.4. The first-order valence-electron chi connectivity index (χ1n) is 12.1. The van der Waals surface area contributed by atoms with Crippen LogP contribution >= 0.6 is 0 Å². The lowest BCUT2D eigenvalue weighted by molar-refractivity contribution is -0.128. The summed E-state index contributed by atoms with van der Waals surface area (Å²) in [7, 11) is 1.58. The van der Waals surface area contributed by atoms with Crippen molar-refractivity contribution in [2.45, 2.75) is 38.5 Å². The molecule has 2 aliphatic rings. The number of benzene rings is 2.